The van der Waals surface area contributed by atoms with Crippen molar-refractivity contribution in [2.75, 3.05) is 6.54 Å². The average molecular weight is 374 g/mol. The van der Waals surface area contributed by atoms with E-state index in [4.69, 9.17) is 39.3 Å². The van der Waals surface area contributed by atoms with Crippen LogP contribution in [0.25, 0.3) is 0 Å². The Morgan fingerprint density at radius 2 is 2.11 bits per heavy atom. The van der Waals surface area contributed by atoms with E-state index in [1.807, 2.05) is 0 Å². The van der Waals surface area contributed by atoms with E-state index in [1.165, 1.54) is 0 Å². The summed E-state index contributed by atoms with van der Waals surface area (Å²) in [5.74, 6) is 0.571. The smallest absolute Gasteiger partial charge is 0.258 e. The third-order valence-electron chi connectivity index (χ3n) is 2.46. The first-order chi connectivity index (χ1) is 8.50. The summed E-state index contributed by atoms with van der Waals surface area (Å²) in [5, 5.41) is 6.52. The van der Waals surface area contributed by atoms with Gasteiger partial charge in [0.15, 0.2) is 10.4 Å². The molecule has 0 aliphatic heterocycles. The van der Waals surface area contributed by atoms with Gasteiger partial charge in [0, 0.05) is 5.92 Å². The number of nitrogens with zero attached hydrogens (tertiary/aromatic N) is 1. The lowest BCUT2D eigenvalue weighted by atomic mass is 10.2. The quantitative estimate of drug-likeness (QED) is 0.869. The number of halogens is 4. The minimum absolute atomic E-state index is 0.0600. The van der Waals surface area contributed by atoms with Crippen LogP contribution < -0.4 is 5.32 Å². The molecular formula is C10H8BrCl3N2O2. The van der Waals surface area contributed by atoms with Crippen molar-refractivity contribution in [1.82, 2.24) is 10.5 Å². The summed E-state index contributed by atoms with van der Waals surface area (Å²) < 4.78 is 5.46. The lowest BCUT2D eigenvalue weighted by Gasteiger charge is -2.04. The molecule has 2 rings (SSSR count). The Labute approximate surface area is 127 Å². The van der Waals surface area contributed by atoms with Gasteiger partial charge in [-0.2, -0.15) is 0 Å². The van der Waals surface area contributed by atoms with Gasteiger partial charge in [-0.3, -0.25) is 4.79 Å². The van der Waals surface area contributed by atoms with Gasteiger partial charge in [0.1, 0.15) is 10.1 Å². The summed E-state index contributed by atoms with van der Waals surface area (Å²) in [6.07, 6.45) is 2.02. The highest BCUT2D eigenvalue weighted by Gasteiger charge is 2.34. The van der Waals surface area contributed by atoms with Crippen LogP contribution in [0.1, 0.15) is 34.9 Å². The van der Waals surface area contributed by atoms with E-state index in [2.05, 4.69) is 26.4 Å². The van der Waals surface area contributed by atoms with Crippen LogP contribution in [0.5, 0.6) is 0 Å². The molecule has 4 nitrogen and oxygen atoms in total. The molecule has 8 heteroatoms. The maximum absolute atomic E-state index is 12.0. The summed E-state index contributed by atoms with van der Waals surface area (Å²) in [5.41, 5.74) is 0.410. The number of carbonyl (C=O) groups is 1. The maximum Gasteiger partial charge on any atom is 0.258 e. The maximum atomic E-state index is 12.0. The van der Waals surface area contributed by atoms with E-state index in [0.29, 0.717) is 15.9 Å². The highest BCUT2D eigenvalue weighted by molar-refractivity contribution is 9.10. The van der Waals surface area contributed by atoms with Crippen LogP contribution in [0, 0.1) is 0 Å². The van der Waals surface area contributed by atoms with Crippen molar-refractivity contribution in [3.8, 4) is 0 Å². The van der Waals surface area contributed by atoms with Gasteiger partial charge in [0.05, 0.1) is 11.6 Å². The van der Waals surface area contributed by atoms with Gasteiger partial charge in [-0.25, -0.2) is 0 Å². The van der Waals surface area contributed by atoms with Crippen molar-refractivity contribution in [1.29, 1.82) is 0 Å². The Hall–Kier alpha value is -0.230. The van der Waals surface area contributed by atoms with Gasteiger partial charge in [-0.05, 0) is 28.8 Å². The minimum atomic E-state index is -0.322. The van der Waals surface area contributed by atoms with E-state index in [-0.39, 0.29) is 27.9 Å². The number of hydrogen-bond donors (Lipinski definition) is 1. The highest BCUT2D eigenvalue weighted by atomic mass is 79.9. The van der Waals surface area contributed by atoms with Gasteiger partial charge in [0.2, 0.25) is 0 Å². The van der Waals surface area contributed by atoms with E-state index in [1.54, 1.807) is 0 Å². The number of hydrogen-bond acceptors (Lipinski definition) is 3. The van der Waals surface area contributed by atoms with Crippen LogP contribution in [-0.4, -0.2) is 17.6 Å². The molecule has 0 spiro atoms. The molecule has 1 amide bonds. The molecule has 1 aliphatic rings. The fourth-order valence-electron chi connectivity index (χ4n) is 1.43. The van der Waals surface area contributed by atoms with Gasteiger partial charge in [0.25, 0.3) is 5.91 Å². The lowest BCUT2D eigenvalue weighted by Crippen LogP contribution is -2.25. The van der Waals surface area contributed by atoms with Crippen molar-refractivity contribution in [2.24, 2.45) is 0 Å². The van der Waals surface area contributed by atoms with E-state index < -0.39 is 0 Å². The monoisotopic (exact) mass is 372 g/mol. The van der Waals surface area contributed by atoms with Gasteiger partial charge in [-0.15, -0.1) is 0 Å². The Kier molecular flexibility index (Phi) is 4.59. The fraction of sp³-hybridized carbons (Fsp3) is 0.400. The SMILES string of the molecule is O=C(NCC(Cl)=C(Cl)Cl)c1c(Br)noc1C1CC1. The van der Waals surface area contributed by atoms with Gasteiger partial charge < -0.3 is 9.84 Å². The van der Waals surface area contributed by atoms with Crippen LogP contribution in [0.2, 0.25) is 0 Å². The third-order valence-corrected chi connectivity index (χ3v) is 3.97. The first-order valence-corrected chi connectivity index (χ1v) is 7.06. The Morgan fingerprint density at radius 1 is 1.44 bits per heavy atom. The second kappa shape index (κ2) is 5.82. The number of aromatic nitrogens is 1. The molecule has 0 aromatic carbocycles. The second-order valence-electron chi connectivity index (χ2n) is 3.83. The molecule has 1 heterocycles. The van der Waals surface area contributed by atoms with E-state index in [9.17, 15) is 4.79 Å². The van der Waals surface area contributed by atoms with Crippen molar-refractivity contribution < 1.29 is 9.32 Å². The average Bonchev–Trinajstić information content (AvgIpc) is 3.09. The summed E-state index contributed by atoms with van der Waals surface area (Å²) in [6.45, 7) is 0.0600. The van der Waals surface area contributed by atoms with Crippen molar-refractivity contribution in [2.45, 2.75) is 18.8 Å². The molecule has 0 bridgehead atoms. The topological polar surface area (TPSA) is 55.1 Å². The molecule has 0 unspecified atom stereocenters. The third kappa shape index (κ3) is 3.20. The molecule has 1 aliphatic carbocycles. The van der Waals surface area contributed by atoms with Crippen molar-refractivity contribution in [3.05, 3.63) is 25.5 Å². The Bertz CT molecular complexity index is 507. The number of nitrogens with one attached hydrogen (secondary N) is 1. The van der Waals surface area contributed by atoms with Crippen molar-refractivity contribution in [3.63, 3.8) is 0 Å². The Balaban J connectivity index is 2.09. The molecule has 98 valence electrons. The zero-order valence-corrected chi connectivity index (χ0v) is 12.8. The van der Waals surface area contributed by atoms with Gasteiger partial charge >= 0.3 is 0 Å². The standard InChI is InChI=1S/C10H8BrCl3N2O2/c11-8-6(7(18-16-8)4-1-2-4)10(17)15-3-5(12)9(13)14/h4H,1-3H2,(H,15,17). The first kappa shape index (κ1) is 14.2. The number of rotatable bonds is 4. The molecule has 1 saturated carbocycles. The molecule has 0 radical (unpaired) electrons. The number of amides is 1. The molecule has 0 atom stereocenters. The lowest BCUT2D eigenvalue weighted by molar-refractivity contribution is 0.0955. The predicted octanol–water partition coefficient (Wildman–Crippen LogP) is 3.93. The first-order valence-electron chi connectivity index (χ1n) is 5.13. The summed E-state index contributed by atoms with van der Waals surface area (Å²) >= 11 is 19.9. The van der Waals surface area contributed by atoms with Crippen LogP contribution in [0.15, 0.2) is 18.7 Å². The van der Waals surface area contributed by atoms with Crippen LogP contribution >= 0.6 is 50.7 Å². The van der Waals surface area contributed by atoms with Gasteiger partial charge in [-0.1, -0.05) is 40.0 Å². The molecular weight excluding hydrogens is 366 g/mol. The molecule has 1 aromatic rings. The summed E-state index contributed by atoms with van der Waals surface area (Å²) in [6, 6.07) is 0. The molecule has 18 heavy (non-hydrogen) atoms. The minimum Gasteiger partial charge on any atom is -0.359 e. The Morgan fingerprint density at radius 3 is 2.67 bits per heavy atom. The molecule has 1 N–H and O–H groups in total. The van der Waals surface area contributed by atoms with Crippen molar-refractivity contribution >= 4 is 56.6 Å². The predicted molar refractivity (Wildman–Crippen MR) is 73.1 cm³/mol. The van der Waals surface area contributed by atoms with Crippen LogP contribution in [-0.2, 0) is 0 Å². The fourth-order valence-corrected chi connectivity index (χ4v) is 2.07. The number of carbonyl (C=O) groups excluding carboxylic acids is 1. The summed E-state index contributed by atoms with van der Waals surface area (Å²) in [4.78, 5) is 12.0. The normalized spacial score (nSPS) is 14.4. The molecule has 1 fully saturated rings. The van der Waals surface area contributed by atoms with Crippen LogP contribution in [0.3, 0.4) is 0 Å². The molecule has 0 saturated heterocycles. The highest BCUT2D eigenvalue weighted by Crippen LogP contribution is 2.43. The summed E-state index contributed by atoms with van der Waals surface area (Å²) in [7, 11) is 0. The molecule has 1 aromatic heterocycles. The zero-order valence-electron chi connectivity index (χ0n) is 8.97. The van der Waals surface area contributed by atoms with E-state index in [0.717, 1.165) is 12.8 Å². The second-order valence-corrected chi connectivity index (χ2v) is 5.99. The van der Waals surface area contributed by atoms with Crippen LogP contribution in [0.4, 0.5) is 0 Å². The zero-order chi connectivity index (χ0) is 13.3. The largest absolute Gasteiger partial charge is 0.359 e. The van der Waals surface area contributed by atoms with E-state index >= 15 is 0 Å².